The molecule has 0 aliphatic carbocycles. The molecule has 0 amide bonds. The van der Waals surface area contributed by atoms with Crippen LogP contribution in [0, 0.1) is 0 Å². The van der Waals surface area contributed by atoms with Crippen molar-refractivity contribution in [3.8, 4) is 0 Å². The van der Waals surface area contributed by atoms with Gasteiger partial charge in [0.05, 0.1) is 12.1 Å². The first-order valence-electron chi connectivity index (χ1n) is 10.4. The first kappa shape index (κ1) is 23.7. The van der Waals surface area contributed by atoms with Crippen molar-refractivity contribution in [3.05, 3.63) is 52.3 Å². The number of nitrogens with zero attached hydrogens (tertiary/aromatic N) is 5. The summed E-state index contributed by atoms with van der Waals surface area (Å²) in [5.74, 6) is -1.99. The monoisotopic (exact) mass is 485 g/mol. The fourth-order valence-corrected chi connectivity index (χ4v) is 4.42. The summed E-state index contributed by atoms with van der Waals surface area (Å²) >= 11 is 5.93. The largest absolute Gasteiger partial charge is 0.478 e. The molecular weight excluding hydrogens is 463 g/mol. The minimum absolute atomic E-state index is 0.0688. The third kappa shape index (κ3) is 5.37. The van der Waals surface area contributed by atoms with Crippen molar-refractivity contribution in [3.63, 3.8) is 0 Å². The highest BCUT2D eigenvalue weighted by Crippen LogP contribution is 2.32. The highest BCUT2D eigenvalue weighted by Gasteiger charge is 2.41. The molecule has 2 aliphatic heterocycles. The number of hydrogen-bond donors (Lipinski definition) is 2. The number of aliphatic hydroxyl groups is 1. The maximum atomic E-state index is 13.3. The number of halogens is 4. The normalized spacial score (nSPS) is 22.6. The van der Waals surface area contributed by atoms with Gasteiger partial charge in [0.15, 0.2) is 5.69 Å². The van der Waals surface area contributed by atoms with E-state index in [2.05, 4.69) is 19.8 Å². The average Bonchev–Trinajstić information content (AvgIpc) is 3.16. The van der Waals surface area contributed by atoms with Crippen molar-refractivity contribution in [2.24, 2.45) is 0 Å². The number of aliphatic hydroxyl groups excluding tert-OH is 1. The van der Waals surface area contributed by atoms with Crippen LogP contribution in [0.2, 0.25) is 5.02 Å². The van der Waals surface area contributed by atoms with Crippen molar-refractivity contribution in [1.82, 2.24) is 19.8 Å². The van der Waals surface area contributed by atoms with Gasteiger partial charge in [-0.1, -0.05) is 23.7 Å². The van der Waals surface area contributed by atoms with Crippen LogP contribution in [0.25, 0.3) is 0 Å². The molecule has 0 radical (unpaired) electrons. The molecule has 1 aromatic heterocycles. The van der Waals surface area contributed by atoms with E-state index in [4.69, 9.17) is 16.7 Å². The van der Waals surface area contributed by atoms with Gasteiger partial charge in [0.25, 0.3) is 0 Å². The molecule has 2 saturated heterocycles. The van der Waals surface area contributed by atoms with Crippen molar-refractivity contribution in [1.29, 1.82) is 0 Å². The summed E-state index contributed by atoms with van der Waals surface area (Å²) in [5, 5.41) is 20.3. The van der Waals surface area contributed by atoms with Gasteiger partial charge in [-0.05, 0) is 17.7 Å². The third-order valence-electron chi connectivity index (χ3n) is 6.01. The minimum atomic E-state index is -4.93. The van der Waals surface area contributed by atoms with E-state index in [9.17, 15) is 23.1 Å². The lowest BCUT2D eigenvalue weighted by atomic mass is 10.1. The molecule has 2 aromatic rings. The lowest BCUT2D eigenvalue weighted by molar-refractivity contribution is -0.141. The van der Waals surface area contributed by atoms with Crippen LogP contribution in [-0.4, -0.2) is 87.4 Å². The number of alkyl halides is 3. The highest BCUT2D eigenvalue weighted by molar-refractivity contribution is 6.30. The molecule has 8 nitrogen and oxygen atoms in total. The molecule has 33 heavy (non-hydrogen) atoms. The number of aromatic nitrogens is 2. The molecule has 12 heteroatoms. The second kappa shape index (κ2) is 9.41. The van der Waals surface area contributed by atoms with Crippen molar-refractivity contribution in [2.45, 2.75) is 24.9 Å². The van der Waals surface area contributed by atoms with E-state index in [0.29, 0.717) is 24.3 Å². The number of benzene rings is 1. The lowest BCUT2D eigenvalue weighted by Gasteiger charge is -2.38. The Bertz CT molecular complexity index is 1000. The zero-order valence-electron chi connectivity index (χ0n) is 17.5. The number of carboxylic acid groups (broad SMARTS) is 1. The molecule has 0 unspecified atom stereocenters. The van der Waals surface area contributed by atoms with Gasteiger partial charge in [-0.25, -0.2) is 14.8 Å². The number of hydrogen-bond acceptors (Lipinski definition) is 7. The summed E-state index contributed by atoms with van der Waals surface area (Å²) in [7, 11) is 0. The molecule has 3 heterocycles. The van der Waals surface area contributed by atoms with Crippen LogP contribution >= 0.6 is 11.6 Å². The van der Waals surface area contributed by atoms with Gasteiger partial charge in [-0.2, -0.15) is 13.2 Å². The van der Waals surface area contributed by atoms with E-state index in [1.165, 1.54) is 4.90 Å². The summed E-state index contributed by atoms with van der Waals surface area (Å²) in [4.78, 5) is 24.3. The van der Waals surface area contributed by atoms with Gasteiger partial charge < -0.3 is 15.1 Å². The second-order valence-corrected chi connectivity index (χ2v) is 8.65. The number of β-amino-alcohol motifs (C(OH)–C–C–N with tert-alkyl or cyclic N) is 1. The summed E-state index contributed by atoms with van der Waals surface area (Å²) in [6.45, 7) is 4.09. The quantitative estimate of drug-likeness (QED) is 0.666. The van der Waals surface area contributed by atoms with Gasteiger partial charge in [0.1, 0.15) is 5.56 Å². The van der Waals surface area contributed by atoms with E-state index < -0.39 is 29.5 Å². The number of carbonyl (C=O) groups is 1. The Kier molecular flexibility index (Phi) is 6.76. The lowest BCUT2D eigenvalue weighted by Crippen LogP contribution is -2.53. The second-order valence-electron chi connectivity index (χ2n) is 8.21. The zero-order chi connectivity index (χ0) is 23.8. The van der Waals surface area contributed by atoms with Gasteiger partial charge in [-0.15, -0.1) is 0 Å². The Morgan fingerprint density at radius 1 is 1.12 bits per heavy atom. The molecule has 2 N–H and O–H groups in total. The molecule has 2 atom stereocenters. The fourth-order valence-electron chi connectivity index (χ4n) is 4.29. The van der Waals surface area contributed by atoms with Crippen molar-refractivity contribution in [2.75, 3.05) is 44.2 Å². The summed E-state index contributed by atoms with van der Waals surface area (Å²) in [6, 6.07) is 7.40. The fraction of sp³-hybridized carbons (Fsp3) is 0.476. The first-order chi connectivity index (χ1) is 15.6. The first-order valence-corrected chi connectivity index (χ1v) is 10.8. The molecule has 4 rings (SSSR count). The molecule has 0 bridgehead atoms. The van der Waals surface area contributed by atoms with E-state index >= 15 is 0 Å². The summed E-state index contributed by atoms with van der Waals surface area (Å²) in [5.41, 5.74) is -1.34. The summed E-state index contributed by atoms with van der Waals surface area (Å²) in [6.07, 6.45) is -5.04. The Balaban J connectivity index is 1.39. The van der Waals surface area contributed by atoms with Crippen LogP contribution < -0.4 is 4.90 Å². The van der Waals surface area contributed by atoms with Crippen molar-refractivity contribution >= 4 is 23.5 Å². The number of piperazine rings is 1. The van der Waals surface area contributed by atoms with Crippen LogP contribution in [0.4, 0.5) is 19.1 Å². The average molecular weight is 486 g/mol. The Morgan fingerprint density at radius 3 is 2.39 bits per heavy atom. The van der Waals surface area contributed by atoms with E-state index in [-0.39, 0.29) is 25.1 Å². The standard InChI is InChI=1S/C21H23ClF3N5O3/c22-14-3-1-13(2-4-14)10-28-5-7-29(8-6-28)16-11-30(12-17(16)31)20-26-9-15(19(32)33)18(27-20)21(23,24)25/h1-4,9,16-17,31H,5-8,10-12H2,(H,32,33)/t16-,17-/m1/s1. The molecule has 178 valence electrons. The van der Waals surface area contributed by atoms with Gasteiger partial charge in [0.2, 0.25) is 5.95 Å². The minimum Gasteiger partial charge on any atom is -0.478 e. The predicted molar refractivity (Wildman–Crippen MR) is 114 cm³/mol. The molecule has 1 aromatic carbocycles. The molecular formula is C21H23ClF3N5O3. The van der Waals surface area contributed by atoms with E-state index in [1.807, 2.05) is 24.3 Å². The Labute approximate surface area is 193 Å². The Hall–Kier alpha value is -2.47. The smallest absolute Gasteiger partial charge is 0.434 e. The highest BCUT2D eigenvalue weighted by atomic mass is 35.5. The van der Waals surface area contributed by atoms with Crippen LogP contribution in [-0.2, 0) is 12.7 Å². The number of rotatable bonds is 5. The maximum absolute atomic E-state index is 13.3. The van der Waals surface area contributed by atoms with Gasteiger partial charge in [0, 0.05) is 57.0 Å². The van der Waals surface area contributed by atoms with Crippen LogP contribution in [0.15, 0.2) is 30.5 Å². The van der Waals surface area contributed by atoms with Gasteiger partial charge in [-0.3, -0.25) is 9.80 Å². The van der Waals surface area contributed by atoms with E-state index in [0.717, 1.165) is 25.2 Å². The molecule has 2 aliphatic rings. The predicted octanol–water partition coefficient (Wildman–Crippen LogP) is 2.21. The maximum Gasteiger partial charge on any atom is 0.434 e. The molecule has 2 fully saturated rings. The van der Waals surface area contributed by atoms with Crippen LogP contribution in [0.5, 0.6) is 0 Å². The zero-order valence-corrected chi connectivity index (χ0v) is 18.3. The van der Waals surface area contributed by atoms with Crippen molar-refractivity contribution < 1.29 is 28.2 Å². The topological polar surface area (TPSA) is 93.0 Å². The Morgan fingerprint density at radius 2 is 1.79 bits per heavy atom. The van der Waals surface area contributed by atoms with Crippen LogP contribution in [0.1, 0.15) is 21.6 Å². The molecule has 0 spiro atoms. The summed E-state index contributed by atoms with van der Waals surface area (Å²) < 4.78 is 39.9. The SMILES string of the molecule is O=C(O)c1cnc(N2C[C@@H](O)[C@H](N3CCN(Cc4ccc(Cl)cc4)CC3)C2)nc1C(F)(F)F. The van der Waals surface area contributed by atoms with Crippen LogP contribution in [0.3, 0.4) is 0 Å². The number of carboxylic acids is 1. The third-order valence-corrected chi connectivity index (χ3v) is 6.26. The number of anilines is 1. The number of aromatic carboxylic acids is 1. The molecule has 0 saturated carbocycles. The van der Waals surface area contributed by atoms with E-state index in [1.54, 1.807) is 0 Å². The van der Waals surface area contributed by atoms with Gasteiger partial charge >= 0.3 is 12.1 Å².